The molecule has 0 unspecified atom stereocenters. The Balaban J connectivity index is 2.10. The molecule has 2 rings (SSSR count). The van der Waals surface area contributed by atoms with Gasteiger partial charge in [-0.05, 0) is 24.1 Å². The van der Waals surface area contributed by atoms with E-state index in [0.29, 0.717) is 31.2 Å². The highest BCUT2D eigenvalue weighted by molar-refractivity contribution is 7.89. The largest absolute Gasteiger partial charge is 0.339 e. The summed E-state index contributed by atoms with van der Waals surface area (Å²) in [6.07, 6.45) is 0. The average Bonchev–Trinajstić information content (AvgIpc) is 2.65. The number of rotatable bonds is 6. The van der Waals surface area contributed by atoms with Crippen LogP contribution in [0, 0.1) is 11.8 Å². The third kappa shape index (κ3) is 5.46. The number of nitrogens with zero attached hydrogens (tertiary/aromatic N) is 2. The summed E-state index contributed by atoms with van der Waals surface area (Å²) in [4.78, 5) is 28.5. The predicted molar refractivity (Wildman–Crippen MR) is 108 cm³/mol. The van der Waals surface area contributed by atoms with Gasteiger partial charge in [-0.25, -0.2) is 8.42 Å². The second kappa shape index (κ2) is 9.24. The molecule has 1 atom stereocenters. The van der Waals surface area contributed by atoms with Gasteiger partial charge in [-0.3, -0.25) is 9.59 Å². The van der Waals surface area contributed by atoms with E-state index in [1.54, 1.807) is 35.8 Å². The Morgan fingerprint density at radius 2 is 1.54 bits per heavy atom. The molecule has 1 aromatic carbocycles. The first-order valence-electron chi connectivity index (χ1n) is 9.38. The zero-order valence-electron chi connectivity index (χ0n) is 16.7. The number of amides is 2. The van der Waals surface area contributed by atoms with Crippen LogP contribution < -0.4 is 4.72 Å². The molecule has 156 valence electrons. The van der Waals surface area contributed by atoms with E-state index < -0.39 is 16.1 Å². The summed E-state index contributed by atoms with van der Waals surface area (Å²) in [5.41, 5.74) is 0. The monoisotopic (exact) mass is 429 g/mol. The van der Waals surface area contributed by atoms with Gasteiger partial charge in [0.05, 0.1) is 4.90 Å². The van der Waals surface area contributed by atoms with Crippen molar-refractivity contribution in [1.82, 2.24) is 14.5 Å². The fourth-order valence-corrected chi connectivity index (χ4v) is 4.69. The molecule has 9 heteroatoms. The number of halogens is 1. The van der Waals surface area contributed by atoms with Gasteiger partial charge < -0.3 is 9.80 Å². The molecule has 2 amide bonds. The molecule has 0 radical (unpaired) electrons. The van der Waals surface area contributed by atoms with Gasteiger partial charge in [-0.15, -0.1) is 0 Å². The molecular formula is C19H28ClN3O4S. The van der Waals surface area contributed by atoms with Gasteiger partial charge in [0.25, 0.3) is 0 Å². The molecule has 0 spiro atoms. The fraction of sp³-hybridized carbons (Fsp3) is 0.579. The van der Waals surface area contributed by atoms with Crippen LogP contribution in [0.4, 0.5) is 0 Å². The first-order valence-corrected chi connectivity index (χ1v) is 11.2. The Morgan fingerprint density at radius 3 is 2.00 bits per heavy atom. The van der Waals surface area contributed by atoms with Crippen molar-refractivity contribution in [2.24, 2.45) is 11.8 Å². The van der Waals surface area contributed by atoms with E-state index >= 15 is 0 Å². The Morgan fingerprint density at radius 1 is 1.00 bits per heavy atom. The number of nitrogens with one attached hydrogen (secondary N) is 1. The van der Waals surface area contributed by atoms with Gasteiger partial charge in [0.15, 0.2) is 0 Å². The molecule has 1 N–H and O–H groups in total. The molecule has 0 bridgehead atoms. The number of carbonyl (C=O) groups excluding carboxylic acids is 2. The first-order chi connectivity index (χ1) is 13.0. The minimum absolute atomic E-state index is 0.0193. The lowest BCUT2D eigenvalue weighted by atomic mass is 10.0. The van der Waals surface area contributed by atoms with Crippen molar-refractivity contribution in [2.75, 3.05) is 26.2 Å². The standard InChI is InChI=1S/C19H28ClN3O4S/c1-13(2)17(21-28(26,27)16-7-5-6-15(20)12-16)19(25)23-10-8-22(9-11-23)18(24)14(3)4/h5-7,12-14,17,21H,8-11H2,1-4H3/t17-/m0/s1. The van der Waals surface area contributed by atoms with Crippen LogP contribution in [0.5, 0.6) is 0 Å². The summed E-state index contributed by atoms with van der Waals surface area (Å²) in [5.74, 6) is -0.543. The maximum Gasteiger partial charge on any atom is 0.241 e. The van der Waals surface area contributed by atoms with Crippen LogP contribution in [0.15, 0.2) is 29.2 Å². The lowest BCUT2D eigenvalue weighted by Gasteiger charge is -2.37. The molecule has 7 nitrogen and oxygen atoms in total. The maximum absolute atomic E-state index is 13.0. The van der Waals surface area contributed by atoms with Crippen molar-refractivity contribution in [2.45, 2.75) is 38.6 Å². The molecule has 1 fully saturated rings. The predicted octanol–water partition coefficient (Wildman–Crippen LogP) is 1.97. The second-order valence-electron chi connectivity index (χ2n) is 7.61. The number of piperazine rings is 1. The summed E-state index contributed by atoms with van der Waals surface area (Å²) in [6, 6.07) is 5.03. The Labute approximate surface area is 172 Å². The van der Waals surface area contributed by atoms with Gasteiger partial charge in [-0.2, -0.15) is 4.72 Å². The number of hydrogen-bond acceptors (Lipinski definition) is 4. The Hall–Kier alpha value is -1.64. The van der Waals surface area contributed by atoms with Crippen LogP contribution in [0.25, 0.3) is 0 Å². The second-order valence-corrected chi connectivity index (χ2v) is 9.76. The van der Waals surface area contributed by atoms with E-state index in [0.717, 1.165) is 0 Å². The molecule has 1 saturated heterocycles. The van der Waals surface area contributed by atoms with Gasteiger partial charge in [0.2, 0.25) is 21.8 Å². The zero-order chi connectivity index (χ0) is 21.1. The summed E-state index contributed by atoms with van der Waals surface area (Å²) in [6.45, 7) is 8.96. The van der Waals surface area contributed by atoms with Crippen molar-refractivity contribution in [3.8, 4) is 0 Å². The van der Waals surface area contributed by atoms with Crippen molar-refractivity contribution < 1.29 is 18.0 Å². The molecule has 0 aromatic heterocycles. The van der Waals surface area contributed by atoms with Gasteiger partial charge in [-0.1, -0.05) is 45.4 Å². The van der Waals surface area contributed by atoms with Crippen molar-refractivity contribution in [3.05, 3.63) is 29.3 Å². The van der Waals surface area contributed by atoms with Gasteiger partial charge >= 0.3 is 0 Å². The first kappa shape index (κ1) is 22.6. The normalized spacial score (nSPS) is 16.5. The lowest BCUT2D eigenvalue weighted by molar-refractivity contribution is -0.142. The Kier molecular flexibility index (Phi) is 7.47. The highest BCUT2D eigenvalue weighted by Crippen LogP contribution is 2.18. The number of benzene rings is 1. The van der Waals surface area contributed by atoms with Crippen LogP contribution in [0.2, 0.25) is 5.02 Å². The summed E-state index contributed by atoms with van der Waals surface area (Å²) in [5, 5.41) is 0.307. The van der Waals surface area contributed by atoms with E-state index in [4.69, 9.17) is 11.6 Å². The highest BCUT2D eigenvalue weighted by atomic mass is 35.5. The topological polar surface area (TPSA) is 86.8 Å². The lowest BCUT2D eigenvalue weighted by Crippen LogP contribution is -2.57. The maximum atomic E-state index is 13.0. The van der Waals surface area contributed by atoms with Crippen LogP contribution in [0.3, 0.4) is 0 Å². The molecule has 0 aliphatic carbocycles. The molecule has 1 aromatic rings. The van der Waals surface area contributed by atoms with E-state index in [-0.39, 0.29) is 28.5 Å². The van der Waals surface area contributed by atoms with E-state index in [2.05, 4.69) is 4.72 Å². The van der Waals surface area contributed by atoms with E-state index in [1.807, 2.05) is 13.8 Å². The summed E-state index contributed by atoms with van der Waals surface area (Å²) >= 11 is 5.90. The molecule has 1 aliphatic heterocycles. The average molecular weight is 430 g/mol. The fourth-order valence-electron chi connectivity index (χ4n) is 3.05. The van der Waals surface area contributed by atoms with Crippen LogP contribution in [-0.2, 0) is 19.6 Å². The quantitative estimate of drug-likeness (QED) is 0.748. The van der Waals surface area contributed by atoms with Gasteiger partial charge in [0.1, 0.15) is 6.04 Å². The third-order valence-corrected chi connectivity index (χ3v) is 6.39. The van der Waals surface area contributed by atoms with Crippen molar-refractivity contribution >= 4 is 33.4 Å². The van der Waals surface area contributed by atoms with Crippen LogP contribution >= 0.6 is 11.6 Å². The zero-order valence-corrected chi connectivity index (χ0v) is 18.3. The smallest absolute Gasteiger partial charge is 0.241 e. The molecule has 0 saturated carbocycles. The summed E-state index contributed by atoms with van der Waals surface area (Å²) in [7, 11) is -3.89. The van der Waals surface area contributed by atoms with Gasteiger partial charge in [0, 0.05) is 37.1 Å². The number of sulfonamides is 1. The molecule has 1 heterocycles. The highest BCUT2D eigenvalue weighted by Gasteiger charge is 2.34. The minimum Gasteiger partial charge on any atom is -0.339 e. The van der Waals surface area contributed by atoms with Crippen molar-refractivity contribution in [3.63, 3.8) is 0 Å². The van der Waals surface area contributed by atoms with E-state index in [1.165, 1.54) is 12.1 Å². The van der Waals surface area contributed by atoms with Crippen LogP contribution in [-0.4, -0.2) is 62.3 Å². The Bertz CT molecular complexity index is 818. The molecule has 28 heavy (non-hydrogen) atoms. The molecule has 1 aliphatic rings. The van der Waals surface area contributed by atoms with E-state index in [9.17, 15) is 18.0 Å². The SMILES string of the molecule is CC(C)C(=O)N1CCN(C(=O)[C@@H](NS(=O)(=O)c2cccc(Cl)c2)C(C)C)CC1. The molecular weight excluding hydrogens is 402 g/mol. The summed E-state index contributed by atoms with van der Waals surface area (Å²) < 4.78 is 27.9. The minimum atomic E-state index is -3.89. The third-order valence-electron chi connectivity index (χ3n) is 4.72. The number of hydrogen-bond donors (Lipinski definition) is 1. The van der Waals surface area contributed by atoms with Crippen molar-refractivity contribution in [1.29, 1.82) is 0 Å². The number of carbonyl (C=O) groups is 2. The van der Waals surface area contributed by atoms with Crippen LogP contribution in [0.1, 0.15) is 27.7 Å².